The Balaban J connectivity index is 4.71. The molecular formula is C8H14N3O2+. The van der Waals surface area contributed by atoms with Gasteiger partial charge in [0.1, 0.15) is 0 Å². The van der Waals surface area contributed by atoms with E-state index in [1.165, 1.54) is 12.2 Å². The van der Waals surface area contributed by atoms with Crippen molar-refractivity contribution >= 4 is 12.2 Å². The molecule has 2 atom stereocenters. The summed E-state index contributed by atoms with van der Waals surface area (Å²) in [6.07, 6.45) is 2.43. The van der Waals surface area contributed by atoms with Gasteiger partial charge in [-0.3, -0.25) is 4.48 Å². The summed E-state index contributed by atoms with van der Waals surface area (Å²) in [6.45, 7) is 3.53. The third-order valence-corrected chi connectivity index (χ3v) is 2.41. The van der Waals surface area contributed by atoms with E-state index in [2.05, 4.69) is 9.98 Å². The first-order valence-corrected chi connectivity index (χ1v) is 3.94. The van der Waals surface area contributed by atoms with Crippen LogP contribution in [-0.4, -0.2) is 43.1 Å². The van der Waals surface area contributed by atoms with Crippen LogP contribution in [0, 0.1) is 0 Å². The van der Waals surface area contributed by atoms with Gasteiger partial charge < -0.3 is 0 Å². The van der Waals surface area contributed by atoms with Crippen LogP contribution in [-0.2, 0) is 9.59 Å². The maximum absolute atomic E-state index is 10.0. The summed E-state index contributed by atoms with van der Waals surface area (Å²) < 4.78 is 0.324. The van der Waals surface area contributed by atoms with Gasteiger partial charge in [0.25, 0.3) is 0 Å². The van der Waals surface area contributed by atoms with Crippen molar-refractivity contribution in [1.82, 2.24) is 0 Å². The van der Waals surface area contributed by atoms with Crippen molar-refractivity contribution in [2.45, 2.75) is 26.2 Å². The molecule has 5 heteroatoms. The van der Waals surface area contributed by atoms with Crippen LogP contribution in [0.2, 0.25) is 0 Å². The summed E-state index contributed by atoms with van der Waals surface area (Å²) in [7, 11) is 3.66. The van der Waals surface area contributed by atoms with Crippen LogP contribution in [0.3, 0.4) is 0 Å². The highest BCUT2D eigenvalue weighted by atomic mass is 16.1. The molecule has 0 aromatic carbocycles. The van der Waals surface area contributed by atoms with Gasteiger partial charge >= 0.3 is 0 Å². The predicted molar refractivity (Wildman–Crippen MR) is 47.3 cm³/mol. The highest BCUT2D eigenvalue weighted by Gasteiger charge is 2.29. The first kappa shape index (κ1) is 11.7. The summed E-state index contributed by atoms with van der Waals surface area (Å²) in [6, 6.07) is 0. The molecule has 0 amide bonds. The van der Waals surface area contributed by atoms with Crippen molar-refractivity contribution in [2.75, 3.05) is 14.1 Å². The van der Waals surface area contributed by atoms with Crippen LogP contribution in [0.4, 0.5) is 0 Å². The van der Waals surface area contributed by atoms with Crippen molar-refractivity contribution in [2.24, 2.45) is 9.98 Å². The van der Waals surface area contributed by atoms with E-state index in [1.54, 1.807) is 13.8 Å². The van der Waals surface area contributed by atoms with E-state index >= 15 is 0 Å². The fraction of sp³-hybridized carbons (Fsp3) is 0.750. The Morgan fingerprint density at radius 2 is 1.31 bits per heavy atom. The van der Waals surface area contributed by atoms with Gasteiger partial charge in [-0.1, -0.05) is 0 Å². The SMILES string of the molecule is CC(N=C=O)[N+](C)(C)C(C)N=C=O. The maximum atomic E-state index is 10.0. The summed E-state index contributed by atoms with van der Waals surface area (Å²) in [5.74, 6) is 0. The molecule has 0 aliphatic rings. The van der Waals surface area contributed by atoms with Crippen LogP contribution in [0.25, 0.3) is 0 Å². The first-order valence-electron chi connectivity index (χ1n) is 3.94. The Bertz CT molecular complexity index is 237. The second kappa shape index (κ2) is 4.67. The Kier molecular flexibility index (Phi) is 4.21. The monoisotopic (exact) mass is 184 g/mol. The molecule has 5 nitrogen and oxygen atoms in total. The second-order valence-electron chi connectivity index (χ2n) is 3.33. The summed E-state index contributed by atoms with van der Waals surface area (Å²) in [5, 5.41) is 0. The predicted octanol–water partition coefficient (Wildman–Crippen LogP) is 0.426. The number of quaternary nitrogens is 1. The third-order valence-electron chi connectivity index (χ3n) is 2.41. The molecule has 13 heavy (non-hydrogen) atoms. The minimum absolute atomic E-state index is 0.274. The van der Waals surface area contributed by atoms with Crippen molar-refractivity contribution in [3.8, 4) is 0 Å². The van der Waals surface area contributed by atoms with Gasteiger partial charge in [0.05, 0.1) is 14.1 Å². The van der Waals surface area contributed by atoms with Gasteiger partial charge in [0.15, 0.2) is 12.3 Å². The normalized spacial score (nSPS) is 15.1. The fourth-order valence-corrected chi connectivity index (χ4v) is 0.762. The lowest BCUT2D eigenvalue weighted by Crippen LogP contribution is -2.51. The van der Waals surface area contributed by atoms with E-state index in [9.17, 15) is 9.59 Å². The van der Waals surface area contributed by atoms with Crippen LogP contribution in [0.15, 0.2) is 9.98 Å². The molecule has 2 unspecified atom stereocenters. The molecule has 0 heterocycles. The molecule has 0 N–H and O–H groups in total. The minimum Gasteiger partial charge on any atom is -0.286 e. The van der Waals surface area contributed by atoms with Gasteiger partial charge in [0.2, 0.25) is 12.2 Å². The van der Waals surface area contributed by atoms with E-state index in [1.807, 2.05) is 14.1 Å². The number of isocyanates is 2. The quantitative estimate of drug-likeness (QED) is 0.361. The number of hydrogen-bond acceptors (Lipinski definition) is 4. The van der Waals surface area contributed by atoms with Crippen LogP contribution >= 0.6 is 0 Å². The summed E-state index contributed by atoms with van der Waals surface area (Å²) in [5.41, 5.74) is 0. The lowest BCUT2D eigenvalue weighted by atomic mass is 10.3. The number of carbonyl (C=O) groups excluding carboxylic acids is 2. The van der Waals surface area contributed by atoms with Gasteiger partial charge in [-0.05, 0) is 0 Å². The standard InChI is InChI=1S/C8H14N3O2/c1-7(9-5-12)11(3,4)8(2)10-6-13/h7-8H,1-4H3/q+1. The topological polar surface area (TPSA) is 58.9 Å². The molecule has 72 valence electrons. The summed E-state index contributed by atoms with van der Waals surface area (Å²) >= 11 is 0. The fourth-order valence-electron chi connectivity index (χ4n) is 0.762. The number of hydrogen-bond donors (Lipinski definition) is 0. The molecule has 0 aromatic rings. The molecule has 0 spiro atoms. The average Bonchev–Trinajstić information content (AvgIpc) is 2.05. The van der Waals surface area contributed by atoms with E-state index in [-0.39, 0.29) is 12.3 Å². The molecular weight excluding hydrogens is 170 g/mol. The van der Waals surface area contributed by atoms with E-state index in [4.69, 9.17) is 0 Å². The van der Waals surface area contributed by atoms with Crippen LogP contribution < -0.4 is 0 Å². The molecule has 0 saturated carbocycles. The largest absolute Gasteiger partial charge is 0.286 e. The molecule has 0 fully saturated rings. The summed E-state index contributed by atoms with van der Waals surface area (Å²) in [4.78, 5) is 27.2. The highest BCUT2D eigenvalue weighted by molar-refractivity contribution is 5.33. The van der Waals surface area contributed by atoms with Gasteiger partial charge in [-0.2, -0.15) is 0 Å². The van der Waals surface area contributed by atoms with Crippen molar-refractivity contribution in [3.63, 3.8) is 0 Å². The molecule has 0 rings (SSSR count). The zero-order valence-electron chi connectivity index (χ0n) is 8.31. The van der Waals surface area contributed by atoms with Crippen LogP contribution in [0.1, 0.15) is 13.8 Å². The molecule has 0 bridgehead atoms. The van der Waals surface area contributed by atoms with Crippen LogP contribution in [0.5, 0.6) is 0 Å². The molecule has 0 radical (unpaired) electrons. The first-order chi connectivity index (χ1) is 5.96. The van der Waals surface area contributed by atoms with E-state index in [0.717, 1.165) is 0 Å². The van der Waals surface area contributed by atoms with Gasteiger partial charge in [0, 0.05) is 13.8 Å². The Morgan fingerprint density at radius 1 is 1.00 bits per heavy atom. The van der Waals surface area contributed by atoms with Crippen molar-refractivity contribution in [3.05, 3.63) is 0 Å². The van der Waals surface area contributed by atoms with E-state index < -0.39 is 0 Å². The number of rotatable bonds is 4. The van der Waals surface area contributed by atoms with Gasteiger partial charge in [-0.15, -0.1) is 9.98 Å². The smallest absolute Gasteiger partial charge is 0.240 e. The molecule has 0 aliphatic heterocycles. The van der Waals surface area contributed by atoms with Gasteiger partial charge in [-0.25, -0.2) is 9.59 Å². The lowest BCUT2D eigenvalue weighted by molar-refractivity contribution is -0.933. The van der Waals surface area contributed by atoms with Crippen molar-refractivity contribution < 1.29 is 14.1 Å². The minimum atomic E-state index is -0.274. The van der Waals surface area contributed by atoms with E-state index in [0.29, 0.717) is 4.48 Å². The Labute approximate surface area is 77.4 Å². The zero-order chi connectivity index (χ0) is 10.5. The zero-order valence-corrected chi connectivity index (χ0v) is 8.31. The number of nitrogens with zero attached hydrogens (tertiary/aromatic N) is 3. The second-order valence-corrected chi connectivity index (χ2v) is 3.33. The molecule has 0 saturated heterocycles. The Morgan fingerprint density at radius 3 is 1.54 bits per heavy atom. The highest BCUT2D eigenvalue weighted by Crippen LogP contribution is 2.13. The molecule has 0 aromatic heterocycles. The molecule has 0 aliphatic carbocycles. The third kappa shape index (κ3) is 2.92. The maximum Gasteiger partial charge on any atom is 0.240 e. The average molecular weight is 184 g/mol. The lowest BCUT2D eigenvalue weighted by Gasteiger charge is -2.35. The number of aliphatic imine (C=N–C) groups is 2. The van der Waals surface area contributed by atoms with Crippen molar-refractivity contribution in [1.29, 1.82) is 0 Å². The Hall–Kier alpha value is -1.28.